The molecule has 0 spiro atoms. The van der Waals surface area contributed by atoms with E-state index in [4.69, 9.17) is 0 Å². The summed E-state index contributed by atoms with van der Waals surface area (Å²) in [5.74, 6) is 0. The van der Waals surface area contributed by atoms with Gasteiger partial charge in [-0.1, -0.05) is 82.9 Å². The number of rotatable bonds is 13. The maximum atomic E-state index is 2.49. The average Bonchev–Trinajstić information content (AvgIpc) is 2.52. The summed E-state index contributed by atoms with van der Waals surface area (Å²) >= 11 is 0. The standard InChI is InChI=1S/C21H39N2.ClH/c1-5-6-7-8-9-10-11-12-13-17-20-22(23(2,3)4)21-18-15-14-16-19-21;/h14-16,18-19H,5-13,17,20H2,1-4H3;1H/q+1;/p-1. The first-order valence-electron chi connectivity index (χ1n) is 9.70. The summed E-state index contributed by atoms with van der Waals surface area (Å²) in [7, 11) is 6.76. The van der Waals surface area contributed by atoms with E-state index in [0.29, 0.717) is 0 Å². The molecule has 1 aromatic carbocycles. The van der Waals surface area contributed by atoms with Crippen LogP contribution in [0.1, 0.15) is 71.1 Å². The van der Waals surface area contributed by atoms with E-state index in [1.807, 2.05) is 0 Å². The summed E-state index contributed by atoms with van der Waals surface area (Å²) in [4.78, 5) is 0. The number of unbranched alkanes of at least 4 members (excludes halogenated alkanes) is 9. The molecule has 0 atom stereocenters. The normalized spacial score (nSPS) is 11.2. The van der Waals surface area contributed by atoms with E-state index in [1.165, 1.54) is 69.9 Å². The second-order valence-corrected chi connectivity index (χ2v) is 7.58. The van der Waals surface area contributed by atoms with Gasteiger partial charge in [-0.05, 0) is 18.6 Å². The lowest BCUT2D eigenvalue weighted by atomic mass is 10.1. The summed E-state index contributed by atoms with van der Waals surface area (Å²) < 4.78 is 0.863. The lowest BCUT2D eigenvalue weighted by Crippen LogP contribution is -3.00. The number of quaternary nitrogens is 1. The van der Waals surface area contributed by atoms with Crippen LogP contribution in [0.3, 0.4) is 0 Å². The quantitative estimate of drug-likeness (QED) is 0.299. The van der Waals surface area contributed by atoms with Gasteiger partial charge in [0.1, 0.15) is 0 Å². The van der Waals surface area contributed by atoms with Crippen LogP contribution >= 0.6 is 0 Å². The van der Waals surface area contributed by atoms with Gasteiger partial charge >= 0.3 is 0 Å². The molecule has 0 aromatic heterocycles. The Kier molecular flexibility index (Phi) is 13.1. The molecule has 140 valence electrons. The van der Waals surface area contributed by atoms with Crippen molar-refractivity contribution in [2.24, 2.45) is 0 Å². The van der Waals surface area contributed by atoms with E-state index >= 15 is 0 Å². The molecule has 0 unspecified atom stereocenters. The minimum atomic E-state index is 0. The molecule has 1 rings (SSSR count). The van der Waals surface area contributed by atoms with Gasteiger partial charge in [-0.3, -0.25) is 0 Å². The molecule has 0 aliphatic rings. The van der Waals surface area contributed by atoms with Gasteiger partial charge in [0.25, 0.3) is 0 Å². The van der Waals surface area contributed by atoms with Crippen LogP contribution in [-0.4, -0.2) is 32.3 Å². The highest BCUT2D eigenvalue weighted by Gasteiger charge is 2.20. The zero-order valence-electron chi connectivity index (χ0n) is 16.4. The van der Waals surface area contributed by atoms with E-state index in [9.17, 15) is 0 Å². The Labute approximate surface area is 157 Å². The van der Waals surface area contributed by atoms with Gasteiger partial charge in [0.15, 0.2) is 0 Å². The Hall–Kier alpha value is -0.730. The van der Waals surface area contributed by atoms with Crippen LogP contribution in [0.2, 0.25) is 0 Å². The molecule has 0 fully saturated rings. The van der Waals surface area contributed by atoms with Crippen LogP contribution in [0.15, 0.2) is 30.3 Å². The second-order valence-electron chi connectivity index (χ2n) is 7.58. The number of para-hydroxylation sites is 1. The van der Waals surface area contributed by atoms with Crippen molar-refractivity contribution < 1.29 is 17.0 Å². The van der Waals surface area contributed by atoms with Gasteiger partial charge in [0, 0.05) is 0 Å². The Bertz CT molecular complexity index is 387. The van der Waals surface area contributed by atoms with Crippen molar-refractivity contribution in [1.82, 2.24) is 0 Å². The van der Waals surface area contributed by atoms with Gasteiger partial charge in [-0.15, -0.1) is 0 Å². The monoisotopic (exact) mass is 354 g/mol. The first-order chi connectivity index (χ1) is 11.1. The van der Waals surface area contributed by atoms with Crippen molar-refractivity contribution in [2.75, 3.05) is 32.7 Å². The average molecular weight is 355 g/mol. The molecule has 3 heteroatoms. The van der Waals surface area contributed by atoms with Gasteiger partial charge in [-0.2, -0.15) is 0 Å². The number of hydrogen-bond donors (Lipinski definition) is 0. The molecule has 24 heavy (non-hydrogen) atoms. The highest BCUT2D eigenvalue weighted by atomic mass is 35.5. The minimum absolute atomic E-state index is 0. The third-order valence-electron chi connectivity index (χ3n) is 4.50. The molecule has 0 saturated heterocycles. The number of halogens is 1. The smallest absolute Gasteiger partial charge is 0.0904 e. The van der Waals surface area contributed by atoms with Crippen LogP contribution in [0.25, 0.3) is 0 Å². The second kappa shape index (κ2) is 13.5. The Morgan fingerprint density at radius 1 is 0.708 bits per heavy atom. The topological polar surface area (TPSA) is 3.24 Å². The van der Waals surface area contributed by atoms with Crippen molar-refractivity contribution >= 4 is 5.69 Å². The molecule has 0 aliphatic carbocycles. The summed E-state index contributed by atoms with van der Waals surface area (Å²) in [6, 6.07) is 10.8. The molecular weight excluding hydrogens is 316 g/mol. The minimum Gasteiger partial charge on any atom is -1.00 e. The molecule has 0 aliphatic heterocycles. The Morgan fingerprint density at radius 3 is 1.62 bits per heavy atom. The summed E-state index contributed by atoms with van der Waals surface area (Å²) in [6.45, 7) is 3.43. The molecule has 0 radical (unpaired) electrons. The number of benzene rings is 1. The Morgan fingerprint density at radius 2 is 1.17 bits per heavy atom. The summed E-state index contributed by atoms with van der Waals surface area (Å²) in [5.41, 5.74) is 1.33. The molecule has 0 heterocycles. The fourth-order valence-electron chi connectivity index (χ4n) is 3.12. The van der Waals surface area contributed by atoms with Crippen LogP contribution in [0.5, 0.6) is 0 Å². The van der Waals surface area contributed by atoms with Crippen LogP contribution in [0, 0.1) is 0 Å². The fourth-order valence-corrected chi connectivity index (χ4v) is 3.12. The maximum Gasteiger partial charge on any atom is 0.0904 e. The predicted molar refractivity (Wildman–Crippen MR) is 104 cm³/mol. The van der Waals surface area contributed by atoms with E-state index in [1.54, 1.807) is 0 Å². The number of hydrogen-bond acceptors (Lipinski definition) is 1. The van der Waals surface area contributed by atoms with Gasteiger partial charge in [0.2, 0.25) is 0 Å². The van der Waals surface area contributed by atoms with E-state index in [2.05, 4.69) is 63.4 Å². The lowest BCUT2D eigenvalue weighted by Gasteiger charge is -2.38. The zero-order valence-corrected chi connectivity index (χ0v) is 17.2. The molecular formula is C21H39ClN2. The largest absolute Gasteiger partial charge is 1.00 e. The number of anilines is 1. The van der Waals surface area contributed by atoms with Crippen molar-refractivity contribution in [2.45, 2.75) is 71.1 Å². The highest BCUT2D eigenvalue weighted by molar-refractivity contribution is 5.43. The zero-order chi connectivity index (χ0) is 17.0. The predicted octanol–water partition coefficient (Wildman–Crippen LogP) is 3.04. The molecule has 2 nitrogen and oxygen atoms in total. The lowest BCUT2D eigenvalue weighted by molar-refractivity contribution is -0.879. The summed E-state index contributed by atoms with van der Waals surface area (Å²) in [6.07, 6.45) is 14.0. The Balaban J connectivity index is 0.00000529. The maximum absolute atomic E-state index is 2.49. The van der Waals surface area contributed by atoms with E-state index in [0.717, 1.165) is 11.1 Å². The first-order valence-corrected chi connectivity index (χ1v) is 9.70. The van der Waals surface area contributed by atoms with Crippen molar-refractivity contribution in [3.63, 3.8) is 0 Å². The SMILES string of the molecule is CCCCCCCCCCCCN(c1ccccc1)[N+](C)(C)C.[Cl-]. The molecule has 0 bridgehead atoms. The molecule has 0 amide bonds. The highest BCUT2D eigenvalue weighted by Crippen LogP contribution is 2.19. The van der Waals surface area contributed by atoms with Crippen LogP contribution < -0.4 is 17.4 Å². The fraction of sp³-hybridized carbons (Fsp3) is 0.714. The third-order valence-corrected chi connectivity index (χ3v) is 4.50. The van der Waals surface area contributed by atoms with Gasteiger partial charge < -0.3 is 12.4 Å². The molecule has 0 N–H and O–H groups in total. The van der Waals surface area contributed by atoms with Crippen LogP contribution in [-0.2, 0) is 0 Å². The molecule has 1 aromatic rings. The van der Waals surface area contributed by atoms with Crippen molar-refractivity contribution in [3.05, 3.63) is 30.3 Å². The third kappa shape index (κ3) is 10.2. The molecule has 0 saturated carbocycles. The van der Waals surface area contributed by atoms with Gasteiger partial charge in [-0.25, -0.2) is 9.60 Å². The van der Waals surface area contributed by atoms with E-state index < -0.39 is 0 Å². The first kappa shape index (κ1) is 23.3. The van der Waals surface area contributed by atoms with Crippen LogP contribution in [0.4, 0.5) is 5.69 Å². The van der Waals surface area contributed by atoms with Crippen molar-refractivity contribution in [3.8, 4) is 0 Å². The van der Waals surface area contributed by atoms with Crippen molar-refractivity contribution in [1.29, 1.82) is 0 Å². The van der Waals surface area contributed by atoms with E-state index in [-0.39, 0.29) is 12.4 Å². The van der Waals surface area contributed by atoms with Gasteiger partial charge in [0.05, 0.1) is 33.4 Å². The number of nitrogens with zero attached hydrogens (tertiary/aromatic N) is 2. The summed E-state index contributed by atoms with van der Waals surface area (Å²) in [5, 5.41) is 2.49.